The summed E-state index contributed by atoms with van der Waals surface area (Å²) in [6, 6.07) is 4.84. The number of amidine groups is 1. The van der Waals surface area contributed by atoms with Crippen LogP contribution in [0.15, 0.2) is 39.8 Å². The molecular formula is C26H30F5N5O3S. The van der Waals surface area contributed by atoms with Gasteiger partial charge in [-0.3, -0.25) is 14.8 Å². The summed E-state index contributed by atoms with van der Waals surface area (Å²) in [4.78, 5) is 25.8. The first kappa shape index (κ1) is 29.8. The molecule has 0 fully saturated rings. The van der Waals surface area contributed by atoms with Crippen LogP contribution in [0.1, 0.15) is 61.9 Å². The quantitative estimate of drug-likeness (QED) is 0.353. The van der Waals surface area contributed by atoms with Gasteiger partial charge in [-0.15, -0.1) is 0 Å². The summed E-state index contributed by atoms with van der Waals surface area (Å²) >= 11 is 0. The Bertz CT molecular complexity index is 1440. The van der Waals surface area contributed by atoms with Crippen molar-refractivity contribution in [3.8, 4) is 5.75 Å². The van der Waals surface area contributed by atoms with Crippen LogP contribution in [0.3, 0.4) is 0 Å². The van der Waals surface area contributed by atoms with Gasteiger partial charge in [0.05, 0.1) is 27.6 Å². The number of carbonyl (C=O) groups is 1. The Hall–Kier alpha value is -3.16. The van der Waals surface area contributed by atoms with Crippen molar-refractivity contribution in [2.75, 3.05) is 13.2 Å². The van der Waals surface area contributed by atoms with E-state index in [9.17, 15) is 26.6 Å². The van der Waals surface area contributed by atoms with Crippen LogP contribution < -0.4 is 10.5 Å². The molecule has 2 aromatic heterocycles. The lowest BCUT2D eigenvalue weighted by atomic mass is 9.88. The Balaban J connectivity index is 1.60. The van der Waals surface area contributed by atoms with E-state index in [1.54, 1.807) is 20.8 Å². The molecule has 4 rings (SSSR count). The number of Topliss-reactive ketones (excluding diaryl/α,β-unsaturated/α-hetero) is 1. The lowest BCUT2D eigenvalue weighted by molar-refractivity contribution is -0.148. The average Bonchev–Trinajstić information content (AvgIpc) is 3.11. The minimum Gasteiger partial charge on any atom is -0.485 e. The van der Waals surface area contributed by atoms with Gasteiger partial charge in [-0.05, 0) is 57.9 Å². The summed E-state index contributed by atoms with van der Waals surface area (Å²) < 4.78 is 88.6. The number of carbonyl (C=O) groups excluding carboxylic acids is 1. The minimum absolute atomic E-state index is 0.0703. The summed E-state index contributed by atoms with van der Waals surface area (Å²) in [5.41, 5.74) is 4.92. The van der Waals surface area contributed by atoms with Gasteiger partial charge in [0.15, 0.2) is 12.4 Å². The number of pyridine rings is 2. The number of nitrogens with two attached hydrogens (primary N) is 1. The molecule has 0 aromatic carbocycles. The van der Waals surface area contributed by atoms with Crippen molar-refractivity contribution in [3.63, 3.8) is 0 Å². The van der Waals surface area contributed by atoms with Gasteiger partial charge >= 0.3 is 12.3 Å². The number of hydrogen-bond acceptors (Lipinski definition) is 8. The monoisotopic (exact) mass is 587 g/mol. The second-order valence-electron chi connectivity index (χ2n) is 10.5. The number of rotatable bonds is 8. The average molecular weight is 588 g/mol. The highest BCUT2D eigenvalue weighted by molar-refractivity contribution is 7.96. The minimum atomic E-state index is -4.34. The fraction of sp³-hybridized carbons (Fsp3) is 0.538. The highest BCUT2D eigenvalue weighted by Crippen LogP contribution is 2.46. The maximum absolute atomic E-state index is 15.3. The normalized spacial score (nSPS) is 26.3. The van der Waals surface area contributed by atoms with Crippen molar-refractivity contribution in [1.82, 2.24) is 9.97 Å². The zero-order chi connectivity index (χ0) is 29.5. The third-order valence-corrected chi connectivity index (χ3v) is 11.1. The Labute approximate surface area is 228 Å². The van der Waals surface area contributed by atoms with Crippen LogP contribution in [0.2, 0.25) is 0 Å². The van der Waals surface area contributed by atoms with E-state index in [0.717, 1.165) is 31.2 Å². The summed E-state index contributed by atoms with van der Waals surface area (Å²) in [7, 11) is -2.99. The van der Waals surface area contributed by atoms with Crippen LogP contribution in [-0.4, -0.2) is 61.3 Å². The molecule has 40 heavy (non-hydrogen) atoms. The van der Waals surface area contributed by atoms with E-state index in [2.05, 4.69) is 24.1 Å². The van der Waals surface area contributed by atoms with Gasteiger partial charge in [0.25, 0.3) is 0 Å². The van der Waals surface area contributed by atoms with Crippen LogP contribution >= 0.6 is 0 Å². The van der Waals surface area contributed by atoms with E-state index in [4.69, 9.17) is 5.73 Å². The Morgan fingerprint density at radius 2 is 1.93 bits per heavy atom. The number of halogens is 5. The van der Waals surface area contributed by atoms with Crippen molar-refractivity contribution in [2.24, 2.45) is 15.1 Å². The van der Waals surface area contributed by atoms with E-state index in [1.165, 1.54) is 12.1 Å². The van der Waals surface area contributed by atoms with Crippen LogP contribution in [0.25, 0.3) is 0 Å². The zero-order valence-corrected chi connectivity index (χ0v) is 23.0. The lowest BCUT2D eigenvalue weighted by Gasteiger charge is -2.46. The highest BCUT2D eigenvalue weighted by atomic mass is 32.2. The molecule has 3 atom stereocenters. The molecule has 14 heteroatoms. The largest absolute Gasteiger partial charge is 0.485 e. The number of alkyl halides is 4. The molecular weight excluding hydrogens is 557 g/mol. The predicted molar refractivity (Wildman–Crippen MR) is 139 cm³/mol. The molecule has 0 radical (unpaired) electrons. The molecule has 2 aromatic rings. The Morgan fingerprint density at radius 3 is 2.58 bits per heavy atom. The van der Waals surface area contributed by atoms with Crippen molar-refractivity contribution in [1.29, 1.82) is 0 Å². The van der Waals surface area contributed by atoms with E-state index in [-0.39, 0.29) is 35.1 Å². The molecule has 0 unspecified atom stereocenters. The molecule has 4 heterocycles. The summed E-state index contributed by atoms with van der Waals surface area (Å²) in [5.74, 6) is -5.69. The fourth-order valence-corrected chi connectivity index (χ4v) is 8.11. The molecule has 2 N–H and O–H groups in total. The van der Waals surface area contributed by atoms with E-state index in [0.29, 0.717) is 13.0 Å². The van der Waals surface area contributed by atoms with E-state index < -0.39 is 55.8 Å². The zero-order valence-electron chi connectivity index (χ0n) is 22.2. The van der Waals surface area contributed by atoms with Crippen molar-refractivity contribution in [3.05, 3.63) is 53.4 Å². The molecule has 0 bridgehead atoms. The molecule has 2 aliphatic heterocycles. The summed E-state index contributed by atoms with van der Waals surface area (Å²) in [5, 5.41) is -0.663. The fourth-order valence-electron chi connectivity index (χ4n) is 4.88. The van der Waals surface area contributed by atoms with Crippen molar-refractivity contribution < 1.29 is 35.7 Å². The van der Waals surface area contributed by atoms with Gasteiger partial charge < -0.3 is 10.5 Å². The third-order valence-electron chi connectivity index (χ3n) is 7.37. The maximum Gasteiger partial charge on any atom is 0.340 e. The van der Waals surface area contributed by atoms with Crippen LogP contribution in [0, 0.1) is 5.82 Å². The van der Waals surface area contributed by atoms with Gasteiger partial charge in [0.2, 0.25) is 0 Å². The number of ether oxygens (including phenoxy) is 1. The molecule has 0 saturated carbocycles. The number of fused-ring (bicyclic) bond motifs is 1. The molecule has 0 saturated heterocycles. The van der Waals surface area contributed by atoms with Gasteiger partial charge in [-0.2, -0.15) is 8.78 Å². The standard InChI is InChI=1S/C26H30F5N5O3S/c1-24(2)23(32)36-25(3,20-6-4-5-11-34-40(20,24)38)21-17(27)9-7-15(35-21)12-19(37)18-10-8-16(13-33-18)39-14-26(30,31)22(28)29/h7-10,13,20,22H,4-6,11-12,14H2,1-3H3,(H2,32,36)/t20-,25-,40+/m0/s1. The molecule has 0 amide bonds. The number of ketones is 1. The first-order valence-electron chi connectivity index (χ1n) is 12.6. The molecule has 0 spiro atoms. The lowest BCUT2D eigenvalue weighted by Crippen LogP contribution is -2.59. The van der Waals surface area contributed by atoms with Crippen molar-refractivity contribution >= 4 is 21.3 Å². The van der Waals surface area contributed by atoms with Gasteiger partial charge in [0.1, 0.15) is 39.1 Å². The number of hydrogen-bond donors (Lipinski definition) is 1. The van der Waals surface area contributed by atoms with Gasteiger partial charge in [-0.1, -0.05) is 6.42 Å². The number of aromatic nitrogens is 2. The van der Waals surface area contributed by atoms with Crippen LogP contribution in [-0.2, 0) is 21.7 Å². The summed E-state index contributed by atoms with van der Waals surface area (Å²) in [6.07, 6.45) is -1.29. The van der Waals surface area contributed by atoms with E-state index in [1.807, 2.05) is 0 Å². The summed E-state index contributed by atoms with van der Waals surface area (Å²) in [6.45, 7) is 3.93. The predicted octanol–water partition coefficient (Wildman–Crippen LogP) is 4.71. The van der Waals surface area contributed by atoms with Crippen LogP contribution in [0.4, 0.5) is 22.0 Å². The Morgan fingerprint density at radius 1 is 1.20 bits per heavy atom. The van der Waals surface area contributed by atoms with Crippen molar-refractivity contribution in [2.45, 2.75) is 74.3 Å². The molecule has 0 aliphatic carbocycles. The first-order chi connectivity index (χ1) is 18.6. The first-order valence-corrected chi connectivity index (χ1v) is 14.2. The Kier molecular flexibility index (Phi) is 7.96. The maximum atomic E-state index is 15.3. The topological polar surface area (TPSA) is 120 Å². The third kappa shape index (κ3) is 5.29. The smallest absolute Gasteiger partial charge is 0.340 e. The highest BCUT2D eigenvalue weighted by Gasteiger charge is 2.56. The molecule has 2 aliphatic rings. The second kappa shape index (κ2) is 10.7. The van der Waals surface area contributed by atoms with Gasteiger partial charge in [0, 0.05) is 12.2 Å². The van der Waals surface area contributed by atoms with E-state index >= 15 is 4.39 Å². The number of nitrogens with zero attached hydrogens (tertiary/aromatic N) is 4. The SMILES string of the molecule is CC1(C)C(N)=N[C@](C)(c2nc(CC(=O)c3ccc(OCC(F)(F)C(F)F)cn3)ccc2F)[C@@H]2CCCCN=[S@@]21=O. The van der Waals surface area contributed by atoms with Crippen LogP contribution in [0.5, 0.6) is 5.75 Å². The molecule has 218 valence electrons. The molecule has 8 nitrogen and oxygen atoms in total. The number of aliphatic imine (C=N–C) groups is 1. The second-order valence-corrected chi connectivity index (χ2v) is 13.5. The van der Waals surface area contributed by atoms with Gasteiger partial charge in [-0.25, -0.2) is 26.7 Å².